The standard InChI is InChI=1S/C11H20N2O5S/c14-10-4-8(5-10)6-12-19(17,18)13-3-1-2-9(7-13)11(15)16/h8-10,12,14H,1-7H2,(H,15,16). The smallest absolute Gasteiger partial charge is 0.307 e. The van der Waals surface area contributed by atoms with E-state index in [0.29, 0.717) is 38.8 Å². The van der Waals surface area contributed by atoms with E-state index in [1.165, 1.54) is 4.31 Å². The van der Waals surface area contributed by atoms with Gasteiger partial charge in [-0.1, -0.05) is 0 Å². The first-order valence-corrected chi connectivity index (χ1v) is 7.98. The van der Waals surface area contributed by atoms with E-state index in [0.717, 1.165) is 0 Å². The van der Waals surface area contributed by atoms with Crippen LogP contribution in [0.2, 0.25) is 0 Å². The molecule has 1 saturated heterocycles. The normalized spacial score (nSPS) is 32.8. The molecule has 8 heteroatoms. The van der Waals surface area contributed by atoms with Crippen LogP contribution in [0, 0.1) is 11.8 Å². The van der Waals surface area contributed by atoms with Gasteiger partial charge in [0.2, 0.25) is 0 Å². The van der Waals surface area contributed by atoms with Gasteiger partial charge in [-0.05, 0) is 31.6 Å². The molecule has 2 fully saturated rings. The summed E-state index contributed by atoms with van der Waals surface area (Å²) in [4.78, 5) is 10.9. The predicted octanol–water partition coefficient (Wildman–Crippen LogP) is -0.612. The van der Waals surface area contributed by atoms with Gasteiger partial charge >= 0.3 is 5.97 Å². The molecule has 1 atom stereocenters. The van der Waals surface area contributed by atoms with Gasteiger partial charge in [0.1, 0.15) is 0 Å². The van der Waals surface area contributed by atoms with Crippen LogP contribution in [0.1, 0.15) is 25.7 Å². The predicted molar refractivity (Wildman–Crippen MR) is 67.6 cm³/mol. The second-order valence-corrected chi connectivity index (χ2v) is 7.14. The van der Waals surface area contributed by atoms with Crippen LogP contribution >= 0.6 is 0 Å². The van der Waals surface area contributed by atoms with E-state index in [1.807, 2.05) is 0 Å². The van der Waals surface area contributed by atoms with Crippen LogP contribution in [0.25, 0.3) is 0 Å². The molecule has 0 aromatic carbocycles. The van der Waals surface area contributed by atoms with Crippen molar-refractivity contribution in [3.63, 3.8) is 0 Å². The fraction of sp³-hybridized carbons (Fsp3) is 0.909. The van der Waals surface area contributed by atoms with Crippen LogP contribution in [0.15, 0.2) is 0 Å². The van der Waals surface area contributed by atoms with Crippen molar-refractivity contribution < 1.29 is 23.4 Å². The van der Waals surface area contributed by atoms with Crippen molar-refractivity contribution >= 4 is 16.2 Å². The SMILES string of the molecule is O=C(O)C1CCCN(S(=O)(=O)NCC2CC(O)C2)C1. The molecule has 0 spiro atoms. The Bertz CT molecular complexity index is 432. The number of carboxylic acids is 1. The molecule has 3 N–H and O–H groups in total. The quantitative estimate of drug-likeness (QED) is 0.626. The van der Waals surface area contributed by atoms with E-state index in [4.69, 9.17) is 10.2 Å². The van der Waals surface area contributed by atoms with E-state index in [1.54, 1.807) is 0 Å². The molecule has 1 aliphatic carbocycles. The van der Waals surface area contributed by atoms with E-state index in [-0.39, 0.29) is 18.6 Å². The van der Waals surface area contributed by atoms with Crippen LogP contribution in [-0.2, 0) is 15.0 Å². The summed E-state index contributed by atoms with van der Waals surface area (Å²) in [5.41, 5.74) is 0. The molecule has 19 heavy (non-hydrogen) atoms. The number of piperidine rings is 1. The lowest BCUT2D eigenvalue weighted by Crippen LogP contribution is -2.49. The third kappa shape index (κ3) is 3.65. The molecule has 0 aromatic rings. The maximum Gasteiger partial charge on any atom is 0.307 e. The highest BCUT2D eigenvalue weighted by atomic mass is 32.2. The fourth-order valence-electron chi connectivity index (χ4n) is 2.54. The summed E-state index contributed by atoms with van der Waals surface area (Å²) >= 11 is 0. The second-order valence-electron chi connectivity index (χ2n) is 5.38. The Hall–Kier alpha value is -0.700. The molecule has 0 bridgehead atoms. The van der Waals surface area contributed by atoms with Crippen LogP contribution in [0.4, 0.5) is 0 Å². The average molecular weight is 292 g/mol. The molecule has 1 saturated carbocycles. The zero-order valence-electron chi connectivity index (χ0n) is 10.7. The fourth-order valence-corrected chi connectivity index (χ4v) is 3.92. The molecular weight excluding hydrogens is 272 g/mol. The minimum atomic E-state index is -3.60. The Morgan fingerprint density at radius 2 is 2.05 bits per heavy atom. The summed E-state index contributed by atoms with van der Waals surface area (Å²) in [6.07, 6.45) is 2.04. The van der Waals surface area contributed by atoms with E-state index in [2.05, 4.69) is 4.72 Å². The molecule has 110 valence electrons. The van der Waals surface area contributed by atoms with Crippen LogP contribution < -0.4 is 4.72 Å². The molecule has 1 heterocycles. The van der Waals surface area contributed by atoms with Crippen molar-refractivity contribution in [2.75, 3.05) is 19.6 Å². The number of aliphatic carboxylic acids is 1. The first kappa shape index (κ1) is 14.7. The Morgan fingerprint density at radius 1 is 1.37 bits per heavy atom. The third-order valence-electron chi connectivity index (χ3n) is 3.84. The number of carbonyl (C=O) groups is 1. The van der Waals surface area contributed by atoms with Gasteiger partial charge < -0.3 is 10.2 Å². The maximum absolute atomic E-state index is 12.0. The molecule has 0 radical (unpaired) electrons. The first-order valence-electron chi connectivity index (χ1n) is 6.54. The first-order chi connectivity index (χ1) is 8.88. The molecule has 0 amide bonds. The summed E-state index contributed by atoms with van der Waals surface area (Å²) in [5.74, 6) is -1.37. The number of rotatable bonds is 5. The number of nitrogens with zero attached hydrogens (tertiary/aromatic N) is 1. The van der Waals surface area contributed by atoms with Gasteiger partial charge in [0.15, 0.2) is 0 Å². The summed E-state index contributed by atoms with van der Waals surface area (Å²) in [6, 6.07) is 0. The molecule has 1 unspecified atom stereocenters. The van der Waals surface area contributed by atoms with Crippen molar-refractivity contribution in [2.45, 2.75) is 31.8 Å². The van der Waals surface area contributed by atoms with Gasteiger partial charge in [-0.25, -0.2) is 4.72 Å². The van der Waals surface area contributed by atoms with Crippen molar-refractivity contribution in [3.05, 3.63) is 0 Å². The van der Waals surface area contributed by atoms with Crippen molar-refractivity contribution in [1.82, 2.24) is 9.03 Å². The highest BCUT2D eigenvalue weighted by molar-refractivity contribution is 7.87. The molecule has 2 rings (SSSR count). The highest BCUT2D eigenvalue weighted by Gasteiger charge is 2.34. The van der Waals surface area contributed by atoms with Gasteiger partial charge in [-0.15, -0.1) is 0 Å². The highest BCUT2D eigenvalue weighted by Crippen LogP contribution is 2.26. The van der Waals surface area contributed by atoms with Gasteiger partial charge in [0.25, 0.3) is 10.2 Å². The minimum absolute atomic E-state index is 0.0396. The molecule has 2 aliphatic rings. The van der Waals surface area contributed by atoms with Crippen molar-refractivity contribution in [2.24, 2.45) is 11.8 Å². The van der Waals surface area contributed by atoms with Crippen molar-refractivity contribution in [3.8, 4) is 0 Å². The van der Waals surface area contributed by atoms with E-state index in [9.17, 15) is 13.2 Å². The maximum atomic E-state index is 12.0. The lowest BCUT2D eigenvalue weighted by atomic mass is 9.83. The number of aliphatic hydroxyl groups excluding tert-OH is 1. The summed E-state index contributed by atoms with van der Waals surface area (Å²) < 4.78 is 27.8. The molecular formula is C11H20N2O5S. The monoisotopic (exact) mass is 292 g/mol. The summed E-state index contributed by atoms with van der Waals surface area (Å²) in [6.45, 7) is 0.720. The Morgan fingerprint density at radius 3 is 2.63 bits per heavy atom. The molecule has 7 nitrogen and oxygen atoms in total. The van der Waals surface area contributed by atoms with Gasteiger partial charge in [-0.2, -0.15) is 12.7 Å². The number of nitrogens with one attached hydrogen (secondary N) is 1. The lowest BCUT2D eigenvalue weighted by Gasteiger charge is -2.33. The largest absolute Gasteiger partial charge is 0.481 e. The number of hydrogen-bond acceptors (Lipinski definition) is 4. The Labute approximate surface area is 112 Å². The Balaban J connectivity index is 1.86. The number of aliphatic hydroxyl groups is 1. The third-order valence-corrected chi connectivity index (χ3v) is 5.38. The second kappa shape index (κ2) is 5.74. The summed E-state index contributed by atoms with van der Waals surface area (Å²) in [5, 5.41) is 18.1. The van der Waals surface area contributed by atoms with Crippen LogP contribution in [0.3, 0.4) is 0 Å². The Kier molecular flexibility index (Phi) is 4.44. The zero-order valence-corrected chi connectivity index (χ0v) is 11.5. The minimum Gasteiger partial charge on any atom is -0.481 e. The number of hydrogen-bond donors (Lipinski definition) is 3. The number of carboxylic acid groups (broad SMARTS) is 1. The van der Waals surface area contributed by atoms with Gasteiger partial charge in [0, 0.05) is 19.6 Å². The van der Waals surface area contributed by atoms with Crippen molar-refractivity contribution in [1.29, 1.82) is 0 Å². The van der Waals surface area contributed by atoms with E-state index >= 15 is 0 Å². The van der Waals surface area contributed by atoms with Gasteiger partial charge in [-0.3, -0.25) is 4.79 Å². The zero-order chi connectivity index (χ0) is 14.0. The van der Waals surface area contributed by atoms with E-state index < -0.39 is 22.1 Å². The topological polar surface area (TPSA) is 107 Å². The van der Waals surface area contributed by atoms with Crippen LogP contribution in [0.5, 0.6) is 0 Å². The summed E-state index contributed by atoms with van der Waals surface area (Å²) in [7, 11) is -3.60. The average Bonchev–Trinajstić information content (AvgIpc) is 2.33. The molecule has 0 aromatic heterocycles. The molecule has 1 aliphatic heterocycles. The van der Waals surface area contributed by atoms with Gasteiger partial charge in [0.05, 0.1) is 12.0 Å². The lowest BCUT2D eigenvalue weighted by molar-refractivity contribution is -0.142. The van der Waals surface area contributed by atoms with Crippen LogP contribution in [-0.4, -0.2) is 54.6 Å².